The van der Waals surface area contributed by atoms with Crippen molar-refractivity contribution in [2.45, 2.75) is 40.2 Å². The Morgan fingerprint density at radius 3 is 2.94 bits per heavy atom. The first-order valence-electron chi connectivity index (χ1n) is 6.71. The predicted octanol–water partition coefficient (Wildman–Crippen LogP) is 4.22. The maximum atomic E-state index is 6.06. The molecule has 0 aromatic carbocycles. The average Bonchev–Trinajstić information content (AvgIpc) is 2.62. The number of hydrogen-bond donors (Lipinski definition) is 0. The normalized spacial score (nSPS) is 19.5. The predicted molar refractivity (Wildman–Crippen MR) is 76.1 cm³/mol. The number of hydrogen-bond acceptors (Lipinski definition) is 1. The summed E-state index contributed by atoms with van der Waals surface area (Å²) < 4.78 is 2.39. The molecule has 0 radical (unpaired) electrons. The van der Waals surface area contributed by atoms with Crippen LogP contribution in [0, 0.1) is 18.8 Å². The van der Waals surface area contributed by atoms with Crippen LogP contribution in [0.5, 0.6) is 0 Å². The molecule has 1 aliphatic heterocycles. The molecule has 18 heavy (non-hydrogen) atoms. The van der Waals surface area contributed by atoms with Crippen LogP contribution in [0.2, 0.25) is 5.02 Å². The minimum atomic E-state index is 0.731. The van der Waals surface area contributed by atoms with Crippen molar-refractivity contribution in [3.8, 4) is 0 Å². The van der Waals surface area contributed by atoms with E-state index >= 15 is 0 Å². The lowest BCUT2D eigenvalue weighted by Gasteiger charge is -2.28. The van der Waals surface area contributed by atoms with Crippen LogP contribution in [0.25, 0.3) is 11.0 Å². The fourth-order valence-electron chi connectivity index (χ4n) is 3.13. The van der Waals surface area contributed by atoms with Crippen molar-refractivity contribution >= 4 is 22.6 Å². The molecular formula is C15H19ClN2. The minimum absolute atomic E-state index is 0.731. The van der Waals surface area contributed by atoms with Gasteiger partial charge in [-0.15, -0.1) is 0 Å². The molecule has 3 heterocycles. The molecule has 0 amide bonds. The van der Waals surface area contributed by atoms with E-state index in [0.717, 1.165) is 29.1 Å². The monoisotopic (exact) mass is 262 g/mol. The second kappa shape index (κ2) is 4.27. The van der Waals surface area contributed by atoms with E-state index in [2.05, 4.69) is 36.4 Å². The first-order valence-corrected chi connectivity index (χ1v) is 7.09. The van der Waals surface area contributed by atoms with Crippen LogP contribution < -0.4 is 0 Å². The Labute approximate surface area is 113 Å². The number of rotatable bonds is 1. The van der Waals surface area contributed by atoms with Crippen molar-refractivity contribution in [2.24, 2.45) is 11.8 Å². The maximum Gasteiger partial charge on any atom is 0.140 e. The van der Waals surface area contributed by atoms with E-state index in [1.54, 1.807) is 6.20 Å². The van der Waals surface area contributed by atoms with Gasteiger partial charge in [0.1, 0.15) is 5.65 Å². The van der Waals surface area contributed by atoms with E-state index in [4.69, 9.17) is 11.6 Å². The lowest BCUT2D eigenvalue weighted by atomic mass is 9.85. The zero-order valence-corrected chi connectivity index (χ0v) is 12.0. The molecule has 0 N–H and O–H groups in total. The standard InChI is InChI=1S/C15H19ClN2/c1-9(2)11-4-5-18-14(6-11)10(3)13-7-12(16)8-17-15(13)18/h7-9,11H,4-6H2,1-3H3. The number of pyridine rings is 1. The van der Waals surface area contributed by atoms with Crippen LogP contribution in [0.1, 0.15) is 31.5 Å². The SMILES string of the molecule is Cc1c2n(c3ncc(Cl)cc13)CCC(C(C)C)C2. The zero-order chi connectivity index (χ0) is 12.9. The highest BCUT2D eigenvalue weighted by Crippen LogP contribution is 2.34. The summed E-state index contributed by atoms with van der Waals surface area (Å²) in [6.45, 7) is 7.95. The van der Waals surface area contributed by atoms with E-state index in [9.17, 15) is 0 Å². The van der Waals surface area contributed by atoms with Crippen molar-refractivity contribution in [3.05, 3.63) is 28.5 Å². The molecule has 2 nitrogen and oxygen atoms in total. The topological polar surface area (TPSA) is 17.8 Å². The minimum Gasteiger partial charge on any atom is -0.329 e. The van der Waals surface area contributed by atoms with E-state index in [-0.39, 0.29) is 0 Å². The first kappa shape index (κ1) is 12.0. The van der Waals surface area contributed by atoms with Gasteiger partial charge in [-0.1, -0.05) is 25.4 Å². The third kappa shape index (κ3) is 1.74. The number of fused-ring (bicyclic) bond motifs is 3. The van der Waals surface area contributed by atoms with Crippen molar-refractivity contribution < 1.29 is 0 Å². The third-order valence-electron chi connectivity index (χ3n) is 4.37. The van der Waals surface area contributed by atoms with Crippen LogP contribution in [0.3, 0.4) is 0 Å². The molecule has 0 aliphatic carbocycles. The Hall–Kier alpha value is -1.02. The van der Waals surface area contributed by atoms with Gasteiger partial charge in [-0.25, -0.2) is 4.98 Å². The van der Waals surface area contributed by atoms with E-state index in [1.807, 2.05) is 0 Å². The summed E-state index contributed by atoms with van der Waals surface area (Å²) >= 11 is 6.06. The highest BCUT2D eigenvalue weighted by molar-refractivity contribution is 6.31. The van der Waals surface area contributed by atoms with Crippen LogP contribution in [0.4, 0.5) is 0 Å². The molecule has 0 spiro atoms. The molecule has 96 valence electrons. The molecule has 3 heteroatoms. The van der Waals surface area contributed by atoms with Gasteiger partial charge in [0.05, 0.1) is 5.02 Å². The van der Waals surface area contributed by atoms with Crippen LogP contribution in [-0.2, 0) is 13.0 Å². The van der Waals surface area contributed by atoms with Crippen molar-refractivity contribution in [1.29, 1.82) is 0 Å². The summed E-state index contributed by atoms with van der Waals surface area (Å²) in [4.78, 5) is 4.52. The van der Waals surface area contributed by atoms with Gasteiger partial charge in [-0.2, -0.15) is 0 Å². The zero-order valence-electron chi connectivity index (χ0n) is 11.2. The van der Waals surface area contributed by atoms with Gasteiger partial charge in [-0.3, -0.25) is 0 Å². The number of aryl methyl sites for hydroxylation is 2. The molecule has 1 atom stereocenters. The van der Waals surface area contributed by atoms with Crippen molar-refractivity contribution in [1.82, 2.24) is 9.55 Å². The first-order chi connectivity index (χ1) is 8.58. The van der Waals surface area contributed by atoms with Gasteiger partial charge < -0.3 is 4.57 Å². The number of nitrogens with zero attached hydrogens (tertiary/aromatic N) is 2. The molecular weight excluding hydrogens is 244 g/mol. The molecule has 0 bridgehead atoms. The van der Waals surface area contributed by atoms with Crippen molar-refractivity contribution in [2.75, 3.05) is 0 Å². The summed E-state index contributed by atoms with van der Waals surface area (Å²) in [6.07, 6.45) is 4.20. The van der Waals surface area contributed by atoms with Gasteiger partial charge in [0, 0.05) is 23.8 Å². The summed E-state index contributed by atoms with van der Waals surface area (Å²) in [6, 6.07) is 2.05. The van der Waals surface area contributed by atoms with Gasteiger partial charge in [0.2, 0.25) is 0 Å². The molecule has 2 aromatic heterocycles. The van der Waals surface area contributed by atoms with Gasteiger partial charge in [0.15, 0.2) is 0 Å². The Balaban J connectivity index is 2.15. The van der Waals surface area contributed by atoms with Gasteiger partial charge in [0.25, 0.3) is 0 Å². The molecule has 0 saturated heterocycles. The Morgan fingerprint density at radius 2 is 2.22 bits per heavy atom. The second-order valence-electron chi connectivity index (χ2n) is 5.74. The van der Waals surface area contributed by atoms with Gasteiger partial charge >= 0.3 is 0 Å². The van der Waals surface area contributed by atoms with E-state index < -0.39 is 0 Å². The molecule has 0 fully saturated rings. The van der Waals surface area contributed by atoms with E-state index in [1.165, 1.54) is 29.5 Å². The molecule has 0 saturated carbocycles. The van der Waals surface area contributed by atoms with Crippen LogP contribution in [-0.4, -0.2) is 9.55 Å². The number of halogens is 1. The summed E-state index contributed by atoms with van der Waals surface area (Å²) in [5.74, 6) is 1.56. The second-order valence-corrected chi connectivity index (χ2v) is 6.18. The Morgan fingerprint density at radius 1 is 1.44 bits per heavy atom. The van der Waals surface area contributed by atoms with E-state index in [0.29, 0.717) is 0 Å². The summed E-state index contributed by atoms with van der Waals surface area (Å²) in [5.41, 5.74) is 3.93. The summed E-state index contributed by atoms with van der Waals surface area (Å²) in [7, 11) is 0. The smallest absolute Gasteiger partial charge is 0.140 e. The molecule has 3 rings (SSSR count). The fraction of sp³-hybridized carbons (Fsp3) is 0.533. The fourth-order valence-corrected chi connectivity index (χ4v) is 3.29. The van der Waals surface area contributed by atoms with Gasteiger partial charge in [-0.05, 0) is 43.2 Å². The van der Waals surface area contributed by atoms with Crippen LogP contribution in [0.15, 0.2) is 12.3 Å². The molecule has 1 unspecified atom stereocenters. The maximum absolute atomic E-state index is 6.06. The highest BCUT2D eigenvalue weighted by atomic mass is 35.5. The Bertz CT molecular complexity index is 598. The molecule has 1 aliphatic rings. The quantitative estimate of drug-likeness (QED) is 0.753. The third-order valence-corrected chi connectivity index (χ3v) is 4.58. The largest absolute Gasteiger partial charge is 0.329 e. The Kier molecular flexibility index (Phi) is 2.86. The number of aromatic nitrogens is 2. The average molecular weight is 263 g/mol. The molecule has 2 aromatic rings. The lowest BCUT2D eigenvalue weighted by molar-refractivity contribution is 0.305. The van der Waals surface area contributed by atoms with Crippen molar-refractivity contribution in [3.63, 3.8) is 0 Å². The van der Waals surface area contributed by atoms with Crippen LogP contribution >= 0.6 is 11.6 Å². The highest BCUT2D eigenvalue weighted by Gasteiger charge is 2.25. The summed E-state index contributed by atoms with van der Waals surface area (Å²) in [5, 5.41) is 1.95. The lowest BCUT2D eigenvalue weighted by Crippen LogP contribution is -2.23.